The van der Waals surface area contributed by atoms with Crippen molar-refractivity contribution in [1.29, 1.82) is 0 Å². The van der Waals surface area contributed by atoms with Gasteiger partial charge in [-0.2, -0.15) is 0 Å². The van der Waals surface area contributed by atoms with Crippen molar-refractivity contribution >= 4 is 0 Å². The molecule has 0 aliphatic rings. The highest BCUT2D eigenvalue weighted by atomic mass is 16.2. The Kier molecular flexibility index (Phi) is 7.26. The minimum absolute atomic E-state index is 0.357. The van der Waals surface area contributed by atoms with Crippen LogP contribution in [-0.2, 0) is 0 Å². The van der Waals surface area contributed by atoms with Crippen molar-refractivity contribution in [3.05, 3.63) is 0 Å². The minimum atomic E-state index is 0.357. The lowest BCUT2D eigenvalue weighted by atomic mass is 9.75. The fourth-order valence-corrected chi connectivity index (χ4v) is 1.66. The van der Waals surface area contributed by atoms with Crippen LogP contribution in [0.2, 0.25) is 0 Å². The fourth-order valence-electron chi connectivity index (χ4n) is 1.66. The molecule has 0 aromatic heterocycles. The van der Waals surface area contributed by atoms with Gasteiger partial charge in [0, 0.05) is 6.61 Å². The first kappa shape index (κ1) is 14.0. The van der Waals surface area contributed by atoms with Crippen LogP contribution in [-0.4, -0.2) is 11.7 Å². The van der Waals surface area contributed by atoms with E-state index in [2.05, 4.69) is 27.7 Å². The number of aliphatic hydroxyl groups excluding tert-OH is 1. The maximum atomic E-state index is 8.64. The normalized spacial score (nSPS) is 14.4. The summed E-state index contributed by atoms with van der Waals surface area (Å²) in [7, 11) is 0. The van der Waals surface area contributed by atoms with Crippen molar-refractivity contribution < 1.29 is 5.11 Å². The maximum Gasteiger partial charge on any atom is 0.0431 e. The zero-order chi connectivity index (χ0) is 11.0. The van der Waals surface area contributed by atoms with E-state index in [1.165, 1.54) is 32.1 Å². The van der Waals surface area contributed by atoms with Gasteiger partial charge in [0.15, 0.2) is 0 Å². The number of aliphatic hydroxyl groups is 1. The molecular weight excluding hydrogens is 172 g/mol. The number of rotatable bonds is 8. The van der Waals surface area contributed by atoms with Crippen LogP contribution >= 0.6 is 0 Å². The molecule has 86 valence electrons. The van der Waals surface area contributed by atoms with Crippen LogP contribution in [0.15, 0.2) is 0 Å². The molecule has 0 fully saturated rings. The first-order chi connectivity index (χ1) is 6.54. The molecule has 0 heterocycles. The molecule has 0 spiro atoms. The van der Waals surface area contributed by atoms with Gasteiger partial charge in [0.1, 0.15) is 0 Å². The summed E-state index contributed by atoms with van der Waals surface area (Å²) in [5.41, 5.74) is 0.497. The van der Waals surface area contributed by atoms with E-state index in [1.54, 1.807) is 0 Å². The van der Waals surface area contributed by atoms with E-state index in [-0.39, 0.29) is 0 Å². The van der Waals surface area contributed by atoms with Crippen LogP contribution in [0.5, 0.6) is 0 Å². The molecule has 0 aromatic rings. The van der Waals surface area contributed by atoms with Crippen molar-refractivity contribution in [3.8, 4) is 0 Å². The Hall–Kier alpha value is -0.0400. The first-order valence-electron chi connectivity index (χ1n) is 6.15. The molecule has 1 nitrogen and oxygen atoms in total. The Balaban J connectivity index is 3.48. The zero-order valence-electron chi connectivity index (χ0n) is 10.5. The van der Waals surface area contributed by atoms with Crippen molar-refractivity contribution in [2.24, 2.45) is 11.3 Å². The fraction of sp³-hybridized carbons (Fsp3) is 1.00. The predicted octanol–water partition coefficient (Wildman–Crippen LogP) is 4.00. The summed E-state index contributed by atoms with van der Waals surface area (Å²) in [6.07, 6.45) is 7.38. The molecular formula is C13H28O. The molecule has 0 saturated heterocycles. The Morgan fingerprint density at radius 2 is 1.64 bits per heavy atom. The third-order valence-corrected chi connectivity index (χ3v) is 3.79. The number of hydrogen-bond acceptors (Lipinski definition) is 1. The molecule has 0 saturated carbocycles. The van der Waals surface area contributed by atoms with E-state index in [4.69, 9.17) is 5.11 Å². The molecule has 0 bridgehead atoms. The molecule has 0 amide bonds. The summed E-state index contributed by atoms with van der Waals surface area (Å²) in [5, 5.41) is 8.64. The van der Waals surface area contributed by atoms with E-state index in [9.17, 15) is 0 Å². The van der Waals surface area contributed by atoms with Crippen LogP contribution in [0.25, 0.3) is 0 Å². The van der Waals surface area contributed by atoms with E-state index < -0.39 is 0 Å². The molecule has 0 aromatic carbocycles. The number of hydrogen-bond donors (Lipinski definition) is 1. The van der Waals surface area contributed by atoms with E-state index in [1.807, 2.05) is 0 Å². The highest BCUT2D eigenvalue weighted by Crippen LogP contribution is 2.33. The summed E-state index contributed by atoms with van der Waals surface area (Å²) in [5.74, 6) is 0.821. The lowest BCUT2D eigenvalue weighted by molar-refractivity contribution is 0.203. The average Bonchev–Trinajstić information content (AvgIpc) is 2.17. The van der Waals surface area contributed by atoms with Gasteiger partial charge in [0.25, 0.3) is 0 Å². The second kappa shape index (κ2) is 7.28. The standard InChI is InChI=1S/C13H28O/c1-5-13(3,4)12(2)10-8-6-7-9-11-14/h12,14H,5-11H2,1-4H3. The third-order valence-electron chi connectivity index (χ3n) is 3.79. The van der Waals surface area contributed by atoms with Crippen LogP contribution in [0.3, 0.4) is 0 Å². The van der Waals surface area contributed by atoms with Gasteiger partial charge in [-0.05, 0) is 17.8 Å². The smallest absolute Gasteiger partial charge is 0.0431 e. The Morgan fingerprint density at radius 1 is 1.07 bits per heavy atom. The summed E-state index contributed by atoms with van der Waals surface area (Å²) in [4.78, 5) is 0. The molecule has 0 radical (unpaired) electrons. The Morgan fingerprint density at radius 3 is 2.14 bits per heavy atom. The van der Waals surface area contributed by atoms with Gasteiger partial charge >= 0.3 is 0 Å². The lowest BCUT2D eigenvalue weighted by Gasteiger charge is -2.30. The van der Waals surface area contributed by atoms with Crippen LogP contribution in [0.4, 0.5) is 0 Å². The van der Waals surface area contributed by atoms with Gasteiger partial charge in [-0.1, -0.05) is 59.8 Å². The average molecular weight is 200 g/mol. The lowest BCUT2D eigenvalue weighted by Crippen LogP contribution is -2.20. The maximum absolute atomic E-state index is 8.64. The largest absolute Gasteiger partial charge is 0.396 e. The van der Waals surface area contributed by atoms with Gasteiger partial charge in [0.2, 0.25) is 0 Å². The Labute approximate surface area is 89.9 Å². The van der Waals surface area contributed by atoms with Gasteiger partial charge in [-0.15, -0.1) is 0 Å². The summed E-state index contributed by atoms with van der Waals surface area (Å²) in [6, 6.07) is 0. The molecule has 0 rings (SSSR count). The summed E-state index contributed by atoms with van der Waals surface area (Å²) < 4.78 is 0. The summed E-state index contributed by atoms with van der Waals surface area (Å²) >= 11 is 0. The summed E-state index contributed by atoms with van der Waals surface area (Å²) in [6.45, 7) is 9.74. The molecule has 0 aliphatic carbocycles. The van der Waals surface area contributed by atoms with Gasteiger partial charge in [-0.25, -0.2) is 0 Å². The van der Waals surface area contributed by atoms with E-state index in [0.717, 1.165) is 12.3 Å². The predicted molar refractivity (Wildman–Crippen MR) is 63.4 cm³/mol. The van der Waals surface area contributed by atoms with Gasteiger partial charge < -0.3 is 5.11 Å². The topological polar surface area (TPSA) is 20.2 Å². The monoisotopic (exact) mass is 200 g/mol. The van der Waals surface area contributed by atoms with Crippen LogP contribution in [0, 0.1) is 11.3 Å². The zero-order valence-corrected chi connectivity index (χ0v) is 10.5. The molecule has 14 heavy (non-hydrogen) atoms. The first-order valence-corrected chi connectivity index (χ1v) is 6.15. The molecule has 0 aliphatic heterocycles. The Bertz CT molecular complexity index is 129. The van der Waals surface area contributed by atoms with Crippen molar-refractivity contribution in [3.63, 3.8) is 0 Å². The van der Waals surface area contributed by atoms with Gasteiger partial charge in [-0.3, -0.25) is 0 Å². The van der Waals surface area contributed by atoms with Crippen molar-refractivity contribution in [2.75, 3.05) is 6.61 Å². The highest BCUT2D eigenvalue weighted by Gasteiger charge is 2.22. The van der Waals surface area contributed by atoms with Crippen LogP contribution in [0.1, 0.15) is 66.2 Å². The van der Waals surface area contributed by atoms with Crippen LogP contribution < -0.4 is 0 Å². The molecule has 1 heteroatoms. The van der Waals surface area contributed by atoms with Crippen molar-refractivity contribution in [1.82, 2.24) is 0 Å². The second-order valence-corrected chi connectivity index (χ2v) is 5.17. The minimum Gasteiger partial charge on any atom is -0.396 e. The quantitative estimate of drug-likeness (QED) is 0.587. The number of unbranched alkanes of at least 4 members (excludes halogenated alkanes) is 3. The molecule has 1 unspecified atom stereocenters. The van der Waals surface area contributed by atoms with E-state index in [0.29, 0.717) is 12.0 Å². The van der Waals surface area contributed by atoms with Crippen molar-refractivity contribution in [2.45, 2.75) is 66.2 Å². The SMILES string of the molecule is CCC(C)(C)C(C)CCCCCCO. The molecule has 1 N–H and O–H groups in total. The van der Waals surface area contributed by atoms with E-state index >= 15 is 0 Å². The third kappa shape index (κ3) is 5.64. The van der Waals surface area contributed by atoms with Gasteiger partial charge in [0.05, 0.1) is 0 Å². The second-order valence-electron chi connectivity index (χ2n) is 5.17. The highest BCUT2D eigenvalue weighted by molar-refractivity contribution is 4.73. The molecule has 1 atom stereocenters.